The van der Waals surface area contributed by atoms with Gasteiger partial charge in [-0.05, 0) is 13.8 Å². The molecule has 1 aromatic rings. The Kier molecular flexibility index (Phi) is 2.06. The number of aromatic nitrogens is 2. The first-order valence-electron chi connectivity index (χ1n) is 3.45. The van der Waals surface area contributed by atoms with Crippen LogP contribution in [-0.4, -0.2) is 15.6 Å². The van der Waals surface area contributed by atoms with Crippen molar-refractivity contribution in [1.82, 2.24) is 9.55 Å². The van der Waals surface area contributed by atoms with Crippen molar-refractivity contribution >= 4 is 0 Å². The summed E-state index contributed by atoms with van der Waals surface area (Å²) < 4.78 is 2.00. The molecule has 0 spiro atoms. The summed E-state index contributed by atoms with van der Waals surface area (Å²) in [4.78, 5) is 3.93. The van der Waals surface area contributed by atoms with Gasteiger partial charge in [-0.15, -0.1) is 0 Å². The summed E-state index contributed by atoms with van der Waals surface area (Å²) in [5.74, 6) is 0. The van der Waals surface area contributed by atoms with Crippen LogP contribution in [0.5, 0.6) is 0 Å². The van der Waals surface area contributed by atoms with Gasteiger partial charge in [-0.2, -0.15) is 0 Å². The van der Waals surface area contributed by atoms with Gasteiger partial charge in [0.05, 0.1) is 6.33 Å². The van der Waals surface area contributed by atoms with E-state index in [1.807, 2.05) is 17.7 Å². The normalized spacial score (nSPS) is 16.7. The highest BCUT2D eigenvalue weighted by Gasteiger charge is 2.06. The molecule has 3 heteroatoms. The number of nitrogens with two attached hydrogens (primary N) is 1. The first-order valence-corrected chi connectivity index (χ1v) is 3.45. The lowest BCUT2D eigenvalue weighted by Gasteiger charge is -2.16. The number of rotatable bonds is 2. The van der Waals surface area contributed by atoms with E-state index in [0.29, 0.717) is 6.04 Å². The maximum Gasteiger partial charge on any atom is 0.0948 e. The molecule has 0 aliphatic carbocycles. The van der Waals surface area contributed by atoms with Crippen LogP contribution in [-0.2, 0) is 0 Å². The molecule has 0 saturated carbocycles. The Hall–Kier alpha value is -0.830. The summed E-state index contributed by atoms with van der Waals surface area (Å²) >= 11 is 0. The van der Waals surface area contributed by atoms with Gasteiger partial charge in [0.15, 0.2) is 0 Å². The molecule has 0 fully saturated rings. The van der Waals surface area contributed by atoms with Gasteiger partial charge in [-0.25, -0.2) is 4.98 Å². The summed E-state index contributed by atoms with van der Waals surface area (Å²) in [5.41, 5.74) is 5.68. The van der Waals surface area contributed by atoms with Crippen molar-refractivity contribution in [2.24, 2.45) is 5.73 Å². The van der Waals surface area contributed by atoms with E-state index in [1.165, 1.54) is 0 Å². The molecule has 1 aromatic heterocycles. The lowest BCUT2D eigenvalue weighted by atomic mass is 10.2. The number of imidazole rings is 1. The van der Waals surface area contributed by atoms with Gasteiger partial charge in [0, 0.05) is 24.5 Å². The van der Waals surface area contributed by atoms with E-state index in [9.17, 15) is 0 Å². The molecule has 3 nitrogen and oxygen atoms in total. The van der Waals surface area contributed by atoms with Gasteiger partial charge in [0.1, 0.15) is 0 Å². The predicted octanol–water partition coefficient (Wildman–Crippen LogP) is 0.791. The van der Waals surface area contributed by atoms with Gasteiger partial charge >= 0.3 is 0 Å². The van der Waals surface area contributed by atoms with E-state index in [4.69, 9.17) is 5.73 Å². The van der Waals surface area contributed by atoms with Crippen molar-refractivity contribution in [1.29, 1.82) is 0 Å². The third-order valence-electron chi connectivity index (χ3n) is 1.76. The van der Waals surface area contributed by atoms with Crippen LogP contribution in [0.2, 0.25) is 0 Å². The zero-order valence-corrected chi connectivity index (χ0v) is 6.36. The van der Waals surface area contributed by atoms with Gasteiger partial charge < -0.3 is 10.3 Å². The van der Waals surface area contributed by atoms with Crippen LogP contribution in [0.1, 0.15) is 19.9 Å². The predicted molar refractivity (Wildman–Crippen MR) is 40.6 cm³/mol. The molecule has 0 bridgehead atoms. The summed E-state index contributed by atoms with van der Waals surface area (Å²) in [5, 5.41) is 0. The van der Waals surface area contributed by atoms with Crippen LogP contribution in [0, 0.1) is 0 Å². The maximum absolute atomic E-state index is 5.68. The molecule has 1 heterocycles. The number of hydrogen-bond acceptors (Lipinski definition) is 2. The van der Waals surface area contributed by atoms with Crippen molar-refractivity contribution in [3.8, 4) is 0 Å². The Balaban J connectivity index is 2.68. The van der Waals surface area contributed by atoms with Crippen LogP contribution in [0.3, 0.4) is 0 Å². The molecule has 0 saturated heterocycles. The number of nitrogens with zero attached hydrogens (tertiary/aromatic N) is 2. The van der Waals surface area contributed by atoms with Gasteiger partial charge in [-0.3, -0.25) is 0 Å². The molecule has 10 heavy (non-hydrogen) atoms. The average Bonchev–Trinajstić information content (AvgIpc) is 2.36. The molecule has 2 atom stereocenters. The highest BCUT2D eigenvalue weighted by molar-refractivity contribution is 4.81. The molecule has 1 rings (SSSR count). The number of hydrogen-bond donors (Lipinski definition) is 1. The molecule has 0 amide bonds. The molecule has 2 N–H and O–H groups in total. The largest absolute Gasteiger partial charge is 0.333 e. The second-order valence-corrected chi connectivity index (χ2v) is 2.61. The molecule has 0 aliphatic rings. The molecular weight excluding hydrogens is 126 g/mol. The highest BCUT2D eigenvalue weighted by atomic mass is 15.1. The van der Waals surface area contributed by atoms with Gasteiger partial charge in [-0.1, -0.05) is 0 Å². The van der Waals surface area contributed by atoms with E-state index in [-0.39, 0.29) is 6.04 Å². The fraction of sp³-hybridized carbons (Fsp3) is 0.571. The molecule has 0 aromatic carbocycles. The van der Waals surface area contributed by atoms with Gasteiger partial charge in [0.2, 0.25) is 0 Å². The molecule has 0 radical (unpaired) electrons. The second kappa shape index (κ2) is 2.84. The molecule has 0 aliphatic heterocycles. The maximum atomic E-state index is 5.68. The Labute approximate surface area is 60.9 Å². The third-order valence-corrected chi connectivity index (χ3v) is 1.76. The third kappa shape index (κ3) is 1.36. The fourth-order valence-electron chi connectivity index (χ4n) is 0.782. The lowest BCUT2D eigenvalue weighted by molar-refractivity contribution is 0.465. The SMILES string of the molecule is CC(N)C(C)n1ccnc1. The van der Waals surface area contributed by atoms with E-state index in [1.54, 1.807) is 12.5 Å². The minimum absolute atomic E-state index is 0.175. The zero-order valence-electron chi connectivity index (χ0n) is 6.36. The lowest BCUT2D eigenvalue weighted by Crippen LogP contribution is -2.26. The average molecular weight is 139 g/mol. The topological polar surface area (TPSA) is 43.8 Å². The van der Waals surface area contributed by atoms with Crippen LogP contribution in [0.4, 0.5) is 0 Å². The molecular formula is C7H13N3. The summed E-state index contributed by atoms with van der Waals surface area (Å²) in [6.07, 6.45) is 5.47. The zero-order chi connectivity index (χ0) is 7.56. The highest BCUT2D eigenvalue weighted by Crippen LogP contribution is 2.06. The Morgan fingerprint density at radius 3 is 2.60 bits per heavy atom. The summed E-state index contributed by atoms with van der Waals surface area (Å²) in [6.45, 7) is 4.07. The summed E-state index contributed by atoms with van der Waals surface area (Å²) in [7, 11) is 0. The van der Waals surface area contributed by atoms with E-state index in [2.05, 4.69) is 11.9 Å². The van der Waals surface area contributed by atoms with Crippen LogP contribution < -0.4 is 5.73 Å². The molecule has 2 unspecified atom stereocenters. The fourth-order valence-corrected chi connectivity index (χ4v) is 0.782. The Morgan fingerprint density at radius 2 is 2.20 bits per heavy atom. The first-order chi connectivity index (χ1) is 4.72. The van der Waals surface area contributed by atoms with Crippen molar-refractivity contribution < 1.29 is 0 Å². The van der Waals surface area contributed by atoms with Crippen molar-refractivity contribution in [3.63, 3.8) is 0 Å². The first kappa shape index (κ1) is 7.28. The standard InChI is InChI=1S/C7H13N3/c1-6(8)7(2)10-4-3-9-5-10/h3-7H,8H2,1-2H3. The minimum atomic E-state index is 0.175. The Morgan fingerprint density at radius 1 is 1.50 bits per heavy atom. The summed E-state index contributed by atoms with van der Waals surface area (Å²) in [6, 6.07) is 0.511. The van der Waals surface area contributed by atoms with E-state index in [0.717, 1.165) is 0 Å². The van der Waals surface area contributed by atoms with Crippen LogP contribution in [0.25, 0.3) is 0 Å². The van der Waals surface area contributed by atoms with Crippen molar-refractivity contribution in [3.05, 3.63) is 18.7 Å². The Bertz CT molecular complexity index is 179. The van der Waals surface area contributed by atoms with Crippen molar-refractivity contribution in [2.75, 3.05) is 0 Å². The van der Waals surface area contributed by atoms with Gasteiger partial charge in [0.25, 0.3) is 0 Å². The molecule has 56 valence electrons. The van der Waals surface area contributed by atoms with E-state index >= 15 is 0 Å². The van der Waals surface area contributed by atoms with Crippen LogP contribution >= 0.6 is 0 Å². The van der Waals surface area contributed by atoms with Crippen LogP contribution in [0.15, 0.2) is 18.7 Å². The van der Waals surface area contributed by atoms with E-state index < -0.39 is 0 Å². The second-order valence-electron chi connectivity index (χ2n) is 2.61. The monoisotopic (exact) mass is 139 g/mol. The van der Waals surface area contributed by atoms with Crippen molar-refractivity contribution in [2.45, 2.75) is 25.9 Å². The minimum Gasteiger partial charge on any atom is -0.333 e. The quantitative estimate of drug-likeness (QED) is 0.658. The smallest absolute Gasteiger partial charge is 0.0948 e.